The third-order valence-electron chi connectivity index (χ3n) is 4.95. The maximum Gasteiger partial charge on any atom is 0.243 e. The average molecular weight is 517 g/mol. The number of rotatable bonds is 9. The molecule has 3 aromatic carbocycles. The highest BCUT2D eigenvalue weighted by Gasteiger charge is 2.27. The fourth-order valence-electron chi connectivity index (χ4n) is 3.22. The minimum atomic E-state index is -3.92. The molecule has 1 N–H and O–H groups in total. The van der Waals surface area contributed by atoms with Crippen molar-refractivity contribution in [3.63, 3.8) is 0 Å². The van der Waals surface area contributed by atoms with E-state index in [0.717, 1.165) is 15.6 Å². The van der Waals surface area contributed by atoms with Gasteiger partial charge in [-0.1, -0.05) is 58.4 Å². The quantitative estimate of drug-likeness (QED) is 0.453. The van der Waals surface area contributed by atoms with Gasteiger partial charge in [-0.05, 0) is 54.4 Å². The molecule has 0 spiro atoms. The number of hydrogen-bond donors (Lipinski definition) is 1. The van der Waals surface area contributed by atoms with Gasteiger partial charge in [-0.25, -0.2) is 8.42 Å². The van der Waals surface area contributed by atoms with Crippen LogP contribution >= 0.6 is 15.9 Å². The van der Waals surface area contributed by atoms with Crippen molar-refractivity contribution >= 4 is 31.9 Å². The number of benzene rings is 3. The van der Waals surface area contributed by atoms with Crippen molar-refractivity contribution in [3.8, 4) is 5.75 Å². The predicted octanol–water partition coefficient (Wildman–Crippen LogP) is 4.53. The number of amides is 1. The lowest BCUT2D eigenvalue weighted by Gasteiger charge is -2.23. The Kier molecular flexibility index (Phi) is 8.06. The maximum atomic E-state index is 13.4. The Hall–Kier alpha value is -2.68. The molecule has 168 valence electrons. The van der Waals surface area contributed by atoms with Gasteiger partial charge in [-0.2, -0.15) is 4.31 Å². The molecule has 0 aliphatic carbocycles. The Bertz CT molecular complexity index is 1150. The summed E-state index contributed by atoms with van der Waals surface area (Å²) < 4.78 is 34.0. The van der Waals surface area contributed by atoms with Crippen LogP contribution in [0.15, 0.2) is 88.2 Å². The van der Waals surface area contributed by atoms with Crippen LogP contribution in [0.2, 0.25) is 0 Å². The normalized spacial score (nSPS) is 12.4. The second kappa shape index (κ2) is 10.8. The van der Waals surface area contributed by atoms with E-state index >= 15 is 0 Å². The molecule has 1 amide bonds. The van der Waals surface area contributed by atoms with Crippen LogP contribution in [0.1, 0.15) is 24.1 Å². The van der Waals surface area contributed by atoms with Crippen LogP contribution in [0, 0.1) is 0 Å². The van der Waals surface area contributed by atoms with Gasteiger partial charge in [0.2, 0.25) is 15.9 Å². The molecule has 0 saturated heterocycles. The standard InChI is InChI=1S/C24H25BrN2O4S/c1-18(20-9-6-10-21(25)15-20)26-24(28)17-27(16-19-7-4-3-5-8-19)32(29,30)23-13-11-22(31-2)12-14-23/h3-15,18H,16-17H2,1-2H3,(H,26,28). The molecule has 0 heterocycles. The van der Waals surface area contributed by atoms with Gasteiger partial charge in [-0.3, -0.25) is 4.79 Å². The van der Waals surface area contributed by atoms with E-state index in [1.54, 1.807) is 12.1 Å². The molecule has 0 fully saturated rings. The maximum absolute atomic E-state index is 13.4. The summed E-state index contributed by atoms with van der Waals surface area (Å²) in [5.41, 5.74) is 1.71. The fraction of sp³-hybridized carbons (Fsp3) is 0.208. The van der Waals surface area contributed by atoms with E-state index in [-0.39, 0.29) is 29.9 Å². The van der Waals surface area contributed by atoms with Crippen LogP contribution in [0.4, 0.5) is 0 Å². The summed E-state index contributed by atoms with van der Waals surface area (Å²) in [6.45, 7) is 1.63. The van der Waals surface area contributed by atoms with E-state index in [4.69, 9.17) is 4.74 Å². The van der Waals surface area contributed by atoms with E-state index in [9.17, 15) is 13.2 Å². The van der Waals surface area contributed by atoms with Gasteiger partial charge >= 0.3 is 0 Å². The number of carbonyl (C=O) groups is 1. The largest absolute Gasteiger partial charge is 0.497 e. The summed E-state index contributed by atoms with van der Waals surface area (Å²) in [5.74, 6) is 0.171. The van der Waals surface area contributed by atoms with Crippen LogP contribution in [0.5, 0.6) is 5.75 Å². The molecular formula is C24H25BrN2O4S. The fourth-order valence-corrected chi connectivity index (χ4v) is 5.02. The van der Waals surface area contributed by atoms with Crippen molar-refractivity contribution < 1.29 is 17.9 Å². The summed E-state index contributed by atoms with van der Waals surface area (Å²) >= 11 is 3.43. The highest BCUT2D eigenvalue weighted by Crippen LogP contribution is 2.22. The number of hydrogen-bond acceptors (Lipinski definition) is 4. The Morgan fingerprint density at radius 2 is 1.72 bits per heavy atom. The first-order chi connectivity index (χ1) is 15.3. The molecule has 0 aromatic heterocycles. The molecule has 0 saturated carbocycles. The highest BCUT2D eigenvalue weighted by molar-refractivity contribution is 9.10. The number of nitrogens with one attached hydrogen (secondary N) is 1. The van der Waals surface area contributed by atoms with Crippen LogP contribution in [-0.4, -0.2) is 32.3 Å². The first-order valence-corrected chi connectivity index (χ1v) is 12.3. The highest BCUT2D eigenvalue weighted by atomic mass is 79.9. The minimum Gasteiger partial charge on any atom is -0.497 e. The van der Waals surface area contributed by atoms with Gasteiger partial charge in [-0.15, -0.1) is 0 Å². The molecule has 32 heavy (non-hydrogen) atoms. The Labute approximate surface area is 197 Å². The van der Waals surface area contributed by atoms with Gasteiger partial charge in [0.1, 0.15) is 5.75 Å². The lowest BCUT2D eigenvalue weighted by Crippen LogP contribution is -2.41. The number of methoxy groups -OCH3 is 1. The summed E-state index contributed by atoms with van der Waals surface area (Å²) in [6.07, 6.45) is 0. The van der Waals surface area contributed by atoms with Gasteiger partial charge in [0, 0.05) is 11.0 Å². The van der Waals surface area contributed by atoms with E-state index in [1.165, 1.54) is 23.5 Å². The SMILES string of the molecule is COc1ccc(S(=O)(=O)N(CC(=O)NC(C)c2cccc(Br)c2)Cc2ccccc2)cc1. The monoisotopic (exact) mass is 516 g/mol. The van der Waals surface area contributed by atoms with Crippen LogP contribution in [0.25, 0.3) is 0 Å². The van der Waals surface area contributed by atoms with Crippen molar-refractivity contribution in [2.75, 3.05) is 13.7 Å². The second-order valence-electron chi connectivity index (χ2n) is 7.28. The van der Waals surface area contributed by atoms with Crippen molar-refractivity contribution in [3.05, 3.63) is 94.5 Å². The third kappa shape index (κ3) is 6.18. The first-order valence-electron chi connectivity index (χ1n) is 10.0. The average Bonchev–Trinajstić information content (AvgIpc) is 2.79. The molecule has 6 nitrogen and oxygen atoms in total. The van der Waals surface area contributed by atoms with E-state index < -0.39 is 10.0 Å². The Balaban J connectivity index is 1.82. The summed E-state index contributed by atoms with van der Waals surface area (Å²) in [7, 11) is -2.40. The Morgan fingerprint density at radius 1 is 1.03 bits per heavy atom. The number of halogens is 1. The van der Waals surface area contributed by atoms with Crippen molar-refractivity contribution in [2.24, 2.45) is 0 Å². The lowest BCUT2D eigenvalue weighted by molar-refractivity contribution is -0.122. The Morgan fingerprint density at radius 3 is 2.34 bits per heavy atom. The van der Waals surface area contributed by atoms with Gasteiger partial charge in [0.05, 0.1) is 24.6 Å². The number of carbonyl (C=O) groups excluding carboxylic acids is 1. The second-order valence-corrected chi connectivity index (χ2v) is 10.1. The van der Waals surface area contributed by atoms with Crippen LogP contribution in [0.3, 0.4) is 0 Å². The lowest BCUT2D eigenvalue weighted by atomic mass is 10.1. The molecule has 1 unspecified atom stereocenters. The van der Waals surface area contributed by atoms with Crippen molar-refractivity contribution in [1.29, 1.82) is 0 Å². The molecule has 0 aliphatic heterocycles. The topological polar surface area (TPSA) is 75.7 Å². The summed E-state index contributed by atoms with van der Waals surface area (Å²) in [5, 5.41) is 2.90. The van der Waals surface area contributed by atoms with Gasteiger partial charge < -0.3 is 10.1 Å². The van der Waals surface area contributed by atoms with Crippen LogP contribution < -0.4 is 10.1 Å². The molecular weight excluding hydrogens is 492 g/mol. The van der Waals surface area contributed by atoms with Crippen molar-refractivity contribution in [1.82, 2.24) is 9.62 Å². The van der Waals surface area contributed by atoms with Gasteiger partial charge in [0.25, 0.3) is 0 Å². The molecule has 3 rings (SSSR count). The molecule has 0 bridgehead atoms. The molecule has 8 heteroatoms. The molecule has 1 atom stereocenters. The molecule has 0 radical (unpaired) electrons. The van der Waals surface area contributed by atoms with E-state index in [1.807, 2.05) is 61.5 Å². The zero-order chi connectivity index (χ0) is 23.1. The zero-order valence-corrected chi connectivity index (χ0v) is 20.3. The van der Waals surface area contributed by atoms with E-state index in [2.05, 4.69) is 21.2 Å². The van der Waals surface area contributed by atoms with E-state index in [0.29, 0.717) is 5.75 Å². The smallest absolute Gasteiger partial charge is 0.243 e. The first kappa shape index (κ1) is 24.0. The van der Waals surface area contributed by atoms with Crippen molar-refractivity contribution in [2.45, 2.75) is 24.4 Å². The number of ether oxygens (including phenoxy) is 1. The number of sulfonamides is 1. The minimum absolute atomic E-state index is 0.0773. The van der Waals surface area contributed by atoms with Crippen LogP contribution in [-0.2, 0) is 21.4 Å². The molecule has 3 aromatic rings. The summed E-state index contributed by atoms with van der Waals surface area (Å²) in [4.78, 5) is 12.9. The molecule has 0 aliphatic rings. The zero-order valence-electron chi connectivity index (χ0n) is 17.9. The summed E-state index contributed by atoms with van der Waals surface area (Å²) in [6, 6.07) is 22.7. The predicted molar refractivity (Wildman–Crippen MR) is 128 cm³/mol. The number of nitrogens with zero attached hydrogens (tertiary/aromatic N) is 1. The third-order valence-corrected chi connectivity index (χ3v) is 7.24. The van der Waals surface area contributed by atoms with Gasteiger partial charge in [0.15, 0.2) is 0 Å².